The lowest BCUT2D eigenvalue weighted by Crippen LogP contribution is -2.25. The average molecular weight is 316 g/mol. The van der Waals surface area contributed by atoms with Crippen LogP contribution in [0.4, 0.5) is 0 Å². The van der Waals surface area contributed by atoms with Gasteiger partial charge in [-0.15, -0.1) is 0 Å². The Labute approximate surface area is 137 Å². The van der Waals surface area contributed by atoms with Gasteiger partial charge in [0.1, 0.15) is 11.5 Å². The molecule has 5 rings (SSSR count). The third-order valence-electron chi connectivity index (χ3n) is 5.19. The summed E-state index contributed by atoms with van der Waals surface area (Å²) in [7, 11) is 0. The number of carbonyl (C=O) groups excluding carboxylic acids is 2. The highest BCUT2D eigenvalue weighted by molar-refractivity contribution is 6.13. The Morgan fingerprint density at radius 2 is 1.08 bits per heavy atom. The SMILES string of the molecule is O=C1C=CC2c3c(ccc(O)c31)-c1ccc(O)c3c1C2C=CC3=O. The Bertz CT molecular complexity index is 943. The number of fused-ring (bicyclic) bond motifs is 2. The molecular formula is C20H12O4. The maximum Gasteiger partial charge on any atom is 0.189 e. The van der Waals surface area contributed by atoms with Crippen LogP contribution < -0.4 is 0 Å². The van der Waals surface area contributed by atoms with Crippen molar-refractivity contribution in [2.45, 2.75) is 11.8 Å². The Morgan fingerprint density at radius 3 is 1.50 bits per heavy atom. The van der Waals surface area contributed by atoms with Crippen molar-refractivity contribution in [3.05, 3.63) is 70.8 Å². The fourth-order valence-corrected chi connectivity index (χ4v) is 4.24. The molecule has 2 aromatic carbocycles. The van der Waals surface area contributed by atoms with Gasteiger partial charge in [-0.25, -0.2) is 0 Å². The van der Waals surface area contributed by atoms with Crippen LogP contribution >= 0.6 is 0 Å². The molecule has 0 saturated carbocycles. The molecular weight excluding hydrogens is 304 g/mol. The van der Waals surface area contributed by atoms with Gasteiger partial charge >= 0.3 is 0 Å². The van der Waals surface area contributed by atoms with Crippen molar-refractivity contribution in [3.63, 3.8) is 0 Å². The van der Waals surface area contributed by atoms with Crippen molar-refractivity contribution in [2.75, 3.05) is 0 Å². The summed E-state index contributed by atoms with van der Waals surface area (Å²) in [6.45, 7) is 0. The highest BCUT2D eigenvalue weighted by Gasteiger charge is 2.41. The fraction of sp³-hybridized carbons (Fsp3) is 0.100. The molecule has 116 valence electrons. The van der Waals surface area contributed by atoms with E-state index in [0.717, 1.165) is 22.3 Å². The first-order valence-electron chi connectivity index (χ1n) is 7.75. The van der Waals surface area contributed by atoms with Crippen LogP contribution in [0.2, 0.25) is 0 Å². The summed E-state index contributed by atoms with van der Waals surface area (Å²) in [4.78, 5) is 24.6. The van der Waals surface area contributed by atoms with Gasteiger partial charge in [-0.1, -0.05) is 24.3 Å². The number of benzene rings is 2. The van der Waals surface area contributed by atoms with E-state index in [1.807, 2.05) is 12.2 Å². The summed E-state index contributed by atoms with van der Waals surface area (Å²) >= 11 is 0. The highest BCUT2D eigenvalue weighted by Crippen LogP contribution is 2.55. The van der Waals surface area contributed by atoms with E-state index >= 15 is 0 Å². The quantitative estimate of drug-likeness (QED) is 0.780. The molecule has 0 aromatic heterocycles. The normalized spacial score (nSPS) is 22.3. The molecule has 0 radical (unpaired) electrons. The van der Waals surface area contributed by atoms with Crippen LogP contribution in [0.3, 0.4) is 0 Å². The molecule has 0 saturated heterocycles. The molecule has 24 heavy (non-hydrogen) atoms. The lowest BCUT2D eigenvalue weighted by molar-refractivity contribution is 0.102. The lowest BCUT2D eigenvalue weighted by Gasteiger charge is -2.37. The minimum Gasteiger partial charge on any atom is -0.507 e. The van der Waals surface area contributed by atoms with Crippen LogP contribution in [-0.2, 0) is 0 Å². The smallest absolute Gasteiger partial charge is 0.189 e. The molecule has 2 atom stereocenters. The van der Waals surface area contributed by atoms with Crippen molar-refractivity contribution in [1.82, 2.24) is 0 Å². The minimum atomic E-state index is -0.209. The number of phenols is 2. The van der Waals surface area contributed by atoms with E-state index in [9.17, 15) is 19.8 Å². The maximum absolute atomic E-state index is 12.3. The molecule has 2 unspecified atom stereocenters. The number of aromatic hydroxyl groups is 2. The van der Waals surface area contributed by atoms with Gasteiger partial charge in [-0.05, 0) is 46.5 Å². The van der Waals surface area contributed by atoms with Gasteiger partial charge in [-0.3, -0.25) is 9.59 Å². The second-order valence-corrected chi connectivity index (χ2v) is 6.34. The zero-order valence-corrected chi connectivity index (χ0v) is 12.5. The van der Waals surface area contributed by atoms with Crippen LogP contribution in [0.15, 0.2) is 48.6 Å². The predicted octanol–water partition coefficient (Wildman–Crippen LogP) is 3.45. The second kappa shape index (κ2) is 4.23. The molecule has 0 spiro atoms. The maximum atomic E-state index is 12.3. The topological polar surface area (TPSA) is 74.6 Å². The summed E-state index contributed by atoms with van der Waals surface area (Å²) in [5, 5.41) is 20.4. The van der Waals surface area contributed by atoms with Gasteiger partial charge in [0.15, 0.2) is 11.6 Å². The van der Waals surface area contributed by atoms with Crippen LogP contribution in [0, 0.1) is 0 Å². The van der Waals surface area contributed by atoms with Crippen LogP contribution in [0.5, 0.6) is 11.5 Å². The first kappa shape index (κ1) is 13.3. The standard InChI is InChI=1S/C20H12O4/c21-13-5-1-9-10-2-6-15(23)20-16(24)8-4-12(18(10)20)11-3-7-14(22)19(13)17(9)11/h1-10,22,24H. The van der Waals surface area contributed by atoms with Crippen LogP contribution in [0.25, 0.3) is 11.1 Å². The van der Waals surface area contributed by atoms with E-state index < -0.39 is 0 Å². The number of carbonyl (C=O) groups is 2. The Hall–Kier alpha value is -3.14. The average Bonchev–Trinajstić information content (AvgIpc) is 2.57. The molecule has 3 aliphatic rings. The summed E-state index contributed by atoms with van der Waals surface area (Å²) < 4.78 is 0. The van der Waals surface area contributed by atoms with Crippen LogP contribution in [-0.4, -0.2) is 21.8 Å². The van der Waals surface area contributed by atoms with Gasteiger partial charge in [0.25, 0.3) is 0 Å². The first-order valence-corrected chi connectivity index (χ1v) is 7.75. The zero-order chi connectivity index (χ0) is 16.6. The van der Waals surface area contributed by atoms with Gasteiger partial charge < -0.3 is 10.2 Å². The monoisotopic (exact) mass is 316 g/mol. The summed E-state index contributed by atoms with van der Waals surface area (Å²) in [6, 6.07) is 6.59. The summed E-state index contributed by atoms with van der Waals surface area (Å²) in [5.74, 6) is -0.745. The van der Waals surface area contributed by atoms with Gasteiger partial charge in [0.2, 0.25) is 0 Å². The molecule has 2 aromatic rings. The third-order valence-corrected chi connectivity index (χ3v) is 5.19. The summed E-state index contributed by atoms with van der Waals surface area (Å²) in [5.41, 5.74) is 3.95. The molecule has 0 heterocycles. The van der Waals surface area contributed by atoms with Gasteiger partial charge in [0, 0.05) is 11.8 Å². The molecule has 0 bridgehead atoms. The van der Waals surface area contributed by atoms with E-state index in [4.69, 9.17) is 0 Å². The minimum absolute atomic E-state index is 0.0218. The molecule has 0 amide bonds. The molecule has 4 nitrogen and oxygen atoms in total. The number of phenolic OH excluding ortho intramolecular Hbond substituents is 2. The molecule has 4 heteroatoms. The van der Waals surface area contributed by atoms with E-state index in [0.29, 0.717) is 11.1 Å². The third kappa shape index (κ3) is 1.43. The molecule has 3 aliphatic carbocycles. The van der Waals surface area contributed by atoms with Crippen molar-refractivity contribution in [2.24, 2.45) is 0 Å². The van der Waals surface area contributed by atoms with Gasteiger partial charge in [0.05, 0.1) is 11.1 Å². The molecule has 2 N–H and O–H groups in total. The Balaban J connectivity index is 1.96. The van der Waals surface area contributed by atoms with Crippen molar-refractivity contribution < 1.29 is 19.8 Å². The summed E-state index contributed by atoms with van der Waals surface area (Å²) in [6.07, 6.45) is 6.62. The largest absolute Gasteiger partial charge is 0.507 e. The number of allylic oxidation sites excluding steroid dienone is 4. The second-order valence-electron chi connectivity index (χ2n) is 6.34. The Morgan fingerprint density at radius 1 is 0.667 bits per heavy atom. The zero-order valence-electron chi connectivity index (χ0n) is 12.5. The lowest BCUT2D eigenvalue weighted by atomic mass is 9.65. The Kier molecular flexibility index (Phi) is 2.35. The molecule has 0 aliphatic heterocycles. The highest BCUT2D eigenvalue weighted by atomic mass is 16.3. The predicted molar refractivity (Wildman–Crippen MR) is 87.6 cm³/mol. The molecule has 0 fully saturated rings. The van der Waals surface area contributed by atoms with Crippen molar-refractivity contribution >= 4 is 11.6 Å². The van der Waals surface area contributed by atoms with Gasteiger partial charge in [-0.2, -0.15) is 0 Å². The number of rotatable bonds is 0. The van der Waals surface area contributed by atoms with Crippen LogP contribution in [0.1, 0.15) is 43.7 Å². The number of hydrogen-bond donors (Lipinski definition) is 2. The van der Waals surface area contributed by atoms with Crippen molar-refractivity contribution in [1.29, 1.82) is 0 Å². The number of ketones is 2. The number of hydrogen-bond acceptors (Lipinski definition) is 4. The van der Waals surface area contributed by atoms with Crippen molar-refractivity contribution in [3.8, 4) is 22.6 Å². The van der Waals surface area contributed by atoms with E-state index in [-0.39, 0.29) is 34.9 Å². The fourth-order valence-electron chi connectivity index (χ4n) is 4.24. The van der Waals surface area contributed by atoms with E-state index in [2.05, 4.69) is 0 Å². The first-order chi connectivity index (χ1) is 11.6. The van der Waals surface area contributed by atoms with E-state index in [1.165, 1.54) is 24.3 Å². The van der Waals surface area contributed by atoms with E-state index in [1.54, 1.807) is 12.1 Å².